The molecule has 0 rings (SSSR count). The number of hydrogen-bond acceptors (Lipinski definition) is 1. The average molecular weight is 251 g/mol. The van der Waals surface area contributed by atoms with E-state index in [1.807, 2.05) is 22.6 Å². The zero-order chi connectivity index (χ0) is 7.82. The Kier molecular flexibility index (Phi) is 6.71. The topological polar surface area (TPSA) is 29.1 Å². The fourth-order valence-corrected chi connectivity index (χ4v) is 0.711. The molecule has 0 saturated carbocycles. The van der Waals surface area contributed by atoms with Crippen LogP contribution in [0.2, 0.25) is 0 Å². The van der Waals surface area contributed by atoms with E-state index >= 15 is 0 Å². The van der Waals surface area contributed by atoms with Gasteiger partial charge in [-0.25, -0.2) is 0 Å². The molecular formula is C7H10INO. The second-order valence-electron chi connectivity index (χ2n) is 1.83. The molecule has 10 heavy (non-hydrogen) atoms. The Balaban J connectivity index is 3.28. The normalized spacial score (nSPS) is 7.80. The second-order valence-corrected chi connectivity index (χ2v) is 2.37. The minimum atomic E-state index is -0.178. The van der Waals surface area contributed by atoms with Gasteiger partial charge in [-0.1, -0.05) is 13.3 Å². The lowest BCUT2D eigenvalue weighted by molar-refractivity contribution is -0.115. The molecule has 0 saturated heterocycles. The number of nitrogens with one attached hydrogen (secondary N) is 1. The van der Waals surface area contributed by atoms with Crippen LogP contribution in [0.15, 0.2) is 0 Å². The number of rotatable bonds is 3. The molecule has 56 valence electrons. The number of carbonyl (C=O) groups excluding carboxylic acids is 1. The number of unbranched alkanes of at least 4 members (excludes halogenated alkanes) is 1. The van der Waals surface area contributed by atoms with E-state index in [2.05, 4.69) is 22.1 Å². The summed E-state index contributed by atoms with van der Waals surface area (Å²) < 4.78 is 2.50. The standard InChI is InChI=1S/C7H10INO/c1-2-3-6-9-7(10)4-5-8/h2-3,6H2,1H3,(H,9,10). The van der Waals surface area contributed by atoms with Crippen molar-refractivity contribution >= 4 is 28.5 Å². The van der Waals surface area contributed by atoms with Gasteiger partial charge in [0.2, 0.25) is 0 Å². The molecule has 0 bridgehead atoms. The molecule has 0 heterocycles. The van der Waals surface area contributed by atoms with Crippen LogP contribution in [-0.2, 0) is 4.79 Å². The molecule has 0 aromatic carbocycles. The fourth-order valence-electron chi connectivity index (χ4n) is 0.466. The number of halogens is 1. The Bertz CT molecular complexity index is 157. The van der Waals surface area contributed by atoms with Crippen LogP contribution in [-0.4, -0.2) is 12.5 Å². The Morgan fingerprint density at radius 1 is 1.70 bits per heavy atom. The summed E-state index contributed by atoms with van der Waals surface area (Å²) in [5.74, 6) is 2.21. The van der Waals surface area contributed by atoms with Gasteiger partial charge in [0.15, 0.2) is 0 Å². The van der Waals surface area contributed by atoms with Gasteiger partial charge in [0.1, 0.15) is 0 Å². The van der Waals surface area contributed by atoms with Gasteiger partial charge in [-0.15, -0.1) is 0 Å². The van der Waals surface area contributed by atoms with E-state index in [1.165, 1.54) is 0 Å². The molecule has 0 radical (unpaired) electrons. The molecule has 0 fully saturated rings. The van der Waals surface area contributed by atoms with E-state index in [-0.39, 0.29) is 5.91 Å². The Labute approximate surface area is 74.9 Å². The van der Waals surface area contributed by atoms with E-state index in [1.54, 1.807) is 0 Å². The van der Waals surface area contributed by atoms with Crippen molar-refractivity contribution in [2.45, 2.75) is 19.8 Å². The van der Waals surface area contributed by atoms with Crippen LogP contribution in [0.3, 0.4) is 0 Å². The highest BCUT2D eigenvalue weighted by atomic mass is 127. The third-order valence-corrected chi connectivity index (χ3v) is 1.25. The predicted octanol–water partition coefficient (Wildman–Crippen LogP) is 1.30. The van der Waals surface area contributed by atoms with Crippen LogP contribution >= 0.6 is 22.6 Å². The maximum absolute atomic E-state index is 10.6. The van der Waals surface area contributed by atoms with Crippen LogP contribution in [0.1, 0.15) is 19.8 Å². The number of amides is 1. The number of hydrogen-bond donors (Lipinski definition) is 1. The van der Waals surface area contributed by atoms with Gasteiger partial charge in [-0.2, -0.15) is 0 Å². The van der Waals surface area contributed by atoms with E-state index in [0.717, 1.165) is 19.4 Å². The molecule has 0 aliphatic carbocycles. The predicted molar refractivity (Wildman–Crippen MR) is 49.7 cm³/mol. The minimum Gasteiger partial charge on any atom is -0.345 e. The SMILES string of the molecule is CCCCNC(=O)C#CI. The first kappa shape index (κ1) is 9.76. The fraction of sp³-hybridized carbons (Fsp3) is 0.571. The zero-order valence-corrected chi connectivity index (χ0v) is 8.07. The lowest BCUT2D eigenvalue weighted by atomic mass is 10.3. The quantitative estimate of drug-likeness (QED) is 0.457. The second kappa shape index (κ2) is 6.87. The summed E-state index contributed by atoms with van der Waals surface area (Å²) in [6, 6.07) is 0. The van der Waals surface area contributed by atoms with E-state index in [0.29, 0.717) is 0 Å². The minimum absolute atomic E-state index is 0.178. The summed E-state index contributed by atoms with van der Waals surface area (Å²) in [7, 11) is 0. The molecule has 0 aromatic rings. The Hall–Kier alpha value is -0.240. The summed E-state index contributed by atoms with van der Waals surface area (Å²) in [6.07, 6.45) is 2.12. The molecule has 0 spiro atoms. The lowest BCUT2D eigenvalue weighted by Gasteiger charge is -1.95. The van der Waals surface area contributed by atoms with Gasteiger partial charge in [-0.05, 0) is 10.3 Å². The first-order valence-corrected chi connectivity index (χ1v) is 4.28. The van der Waals surface area contributed by atoms with Crippen LogP contribution in [0, 0.1) is 9.85 Å². The molecule has 0 aliphatic heterocycles. The van der Waals surface area contributed by atoms with Crippen LogP contribution in [0.25, 0.3) is 0 Å². The summed E-state index contributed by atoms with van der Waals surface area (Å²) in [5, 5.41) is 2.67. The van der Waals surface area contributed by atoms with Crippen molar-refractivity contribution in [2.24, 2.45) is 0 Å². The molecule has 0 aromatic heterocycles. The third kappa shape index (κ3) is 5.89. The largest absolute Gasteiger partial charge is 0.345 e. The first-order valence-electron chi connectivity index (χ1n) is 3.20. The van der Waals surface area contributed by atoms with Gasteiger partial charge < -0.3 is 5.32 Å². The van der Waals surface area contributed by atoms with Crippen molar-refractivity contribution in [1.29, 1.82) is 0 Å². The summed E-state index contributed by atoms with van der Waals surface area (Å²) in [5.41, 5.74) is 0. The van der Waals surface area contributed by atoms with Crippen molar-refractivity contribution in [3.8, 4) is 9.85 Å². The van der Waals surface area contributed by atoms with Crippen LogP contribution in [0.4, 0.5) is 0 Å². The highest BCUT2D eigenvalue weighted by Gasteiger charge is 1.90. The lowest BCUT2D eigenvalue weighted by Crippen LogP contribution is -2.22. The zero-order valence-electron chi connectivity index (χ0n) is 5.91. The monoisotopic (exact) mass is 251 g/mol. The smallest absolute Gasteiger partial charge is 0.296 e. The number of carbonyl (C=O) groups is 1. The first-order chi connectivity index (χ1) is 4.81. The molecule has 1 N–H and O–H groups in total. The Morgan fingerprint density at radius 2 is 2.40 bits per heavy atom. The highest BCUT2D eigenvalue weighted by Crippen LogP contribution is 1.81. The van der Waals surface area contributed by atoms with E-state index < -0.39 is 0 Å². The van der Waals surface area contributed by atoms with Gasteiger partial charge >= 0.3 is 0 Å². The van der Waals surface area contributed by atoms with E-state index in [9.17, 15) is 4.79 Å². The Morgan fingerprint density at radius 3 is 2.90 bits per heavy atom. The summed E-state index contributed by atoms with van der Waals surface area (Å²) >= 11 is 1.84. The van der Waals surface area contributed by atoms with Gasteiger partial charge in [0.25, 0.3) is 5.91 Å². The maximum atomic E-state index is 10.6. The van der Waals surface area contributed by atoms with E-state index in [4.69, 9.17) is 0 Å². The average Bonchev–Trinajstić information content (AvgIpc) is 1.89. The van der Waals surface area contributed by atoms with Gasteiger partial charge in [0.05, 0.1) is 0 Å². The van der Waals surface area contributed by atoms with Crippen LogP contribution in [0.5, 0.6) is 0 Å². The summed E-state index contributed by atoms with van der Waals surface area (Å²) in [4.78, 5) is 10.6. The van der Waals surface area contributed by atoms with Gasteiger partial charge in [-0.3, -0.25) is 4.79 Å². The molecule has 3 heteroatoms. The van der Waals surface area contributed by atoms with Gasteiger partial charge in [0, 0.05) is 35.1 Å². The third-order valence-electron chi connectivity index (χ3n) is 0.977. The molecule has 0 atom stereocenters. The molecular weight excluding hydrogens is 241 g/mol. The van der Waals surface area contributed by atoms with Crippen molar-refractivity contribution in [2.75, 3.05) is 6.54 Å². The van der Waals surface area contributed by atoms with Crippen molar-refractivity contribution in [3.05, 3.63) is 0 Å². The molecule has 0 unspecified atom stereocenters. The van der Waals surface area contributed by atoms with Crippen molar-refractivity contribution < 1.29 is 4.79 Å². The van der Waals surface area contributed by atoms with Crippen molar-refractivity contribution in [1.82, 2.24) is 5.32 Å². The molecule has 1 amide bonds. The molecule has 2 nitrogen and oxygen atoms in total. The van der Waals surface area contributed by atoms with Crippen LogP contribution < -0.4 is 5.32 Å². The maximum Gasteiger partial charge on any atom is 0.296 e. The molecule has 0 aliphatic rings. The summed E-state index contributed by atoms with van der Waals surface area (Å²) in [6.45, 7) is 2.82. The highest BCUT2D eigenvalue weighted by molar-refractivity contribution is 14.1. The van der Waals surface area contributed by atoms with Crippen molar-refractivity contribution in [3.63, 3.8) is 0 Å².